The summed E-state index contributed by atoms with van der Waals surface area (Å²) in [4.78, 5) is 11.6. The molecule has 1 atom stereocenters. The van der Waals surface area contributed by atoms with Gasteiger partial charge in [0.15, 0.2) is 0 Å². The summed E-state index contributed by atoms with van der Waals surface area (Å²) in [5.41, 5.74) is 0. The molecule has 2 rings (SSSR count). The zero-order chi connectivity index (χ0) is 9.10. The van der Waals surface area contributed by atoms with Gasteiger partial charge in [-0.1, -0.05) is 0 Å². The number of nitrogens with one attached hydrogen (secondary N) is 3. The molecule has 2 fully saturated rings. The van der Waals surface area contributed by atoms with Crippen LogP contribution in [0.1, 0.15) is 12.8 Å². The third-order valence-electron chi connectivity index (χ3n) is 2.80. The van der Waals surface area contributed by atoms with Crippen LogP contribution in [-0.4, -0.2) is 38.1 Å². The quantitative estimate of drug-likeness (QED) is 0.587. The van der Waals surface area contributed by atoms with Crippen molar-refractivity contribution in [2.24, 2.45) is 5.92 Å². The Kier molecular flexibility index (Phi) is 4.65. The van der Waals surface area contributed by atoms with Crippen LogP contribution in [0.15, 0.2) is 0 Å². The number of rotatable bonds is 2. The molecule has 0 aromatic carbocycles. The van der Waals surface area contributed by atoms with E-state index >= 15 is 0 Å². The van der Waals surface area contributed by atoms with Crippen LogP contribution in [0.2, 0.25) is 0 Å². The summed E-state index contributed by atoms with van der Waals surface area (Å²) in [5.74, 6) is 0.438. The van der Waals surface area contributed by atoms with Crippen molar-refractivity contribution >= 4 is 18.3 Å². The van der Waals surface area contributed by atoms with Crippen LogP contribution in [0, 0.1) is 5.92 Å². The molecule has 0 aromatic rings. The molecule has 0 saturated carbocycles. The van der Waals surface area contributed by atoms with E-state index in [0.717, 1.165) is 39.0 Å². The lowest BCUT2D eigenvalue weighted by Gasteiger charge is -2.30. The minimum absolute atomic E-state index is 0. The van der Waals surface area contributed by atoms with E-state index in [2.05, 4.69) is 16.0 Å². The fourth-order valence-electron chi connectivity index (χ4n) is 1.79. The molecule has 0 bridgehead atoms. The molecule has 14 heavy (non-hydrogen) atoms. The molecule has 2 saturated heterocycles. The maximum absolute atomic E-state index is 11.6. The molecule has 1 unspecified atom stereocenters. The summed E-state index contributed by atoms with van der Waals surface area (Å²) in [7, 11) is 0. The second-order valence-electron chi connectivity index (χ2n) is 3.91. The second kappa shape index (κ2) is 5.53. The predicted molar refractivity (Wildman–Crippen MR) is 57.6 cm³/mol. The summed E-state index contributed by atoms with van der Waals surface area (Å²) in [6.07, 6.45) is 2.17. The van der Waals surface area contributed by atoms with Crippen molar-refractivity contribution in [1.29, 1.82) is 0 Å². The molecule has 5 heteroatoms. The first kappa shape index (κ1) is 11.8. The van der Waals surface area contributed by atoms with Crippen LogP contribution < -0.4 is 16.0 Å². The Morgan fingerprint density at radius 3 is 2.50 bits per heavy atom. The van der Waals surface area contributed by atoms with Crippen LogP contribution in [0.5, 0.6) is 0 Å². The zero-order valence-electron chi connectivity index (χ0n) is 8.21. The molecule has 0 aromatic heterocycles. The number of carbonyl (C=O) groups is 1. The summed E-state index contributed by atoms with van der Waals surface area (Å²) < 4.78 is 0. The highest BCUT2D eigenvalue weighted by Gasteiger charge is 2.25. The highest BCUT2D eigenvalue weighted by Crippen LogP contribution is 2.10. The fourth-order valence-corrected chi connectivity index (χ4v) is 1.79. The van der Waals surface area contributed by atoms with Crippen molar-refractivity contribution in [3.8, 4) is 0 Å². The maximum Gasteiger partial charge on any atom is 0.224 e. The van der Waals surface area contributed by atoms with Crippen LogP contribution in [-0.2, 0) is 4.79 Å². The van der Waals surface area contributed by atoms with Crippen LogP contribution in [0.4, 0.5) is 0 Å². The topological polar surface area (TPSA) is 53.2 Å². The summed E-state index contributed by atoms with van der Waals surface area (Å²) in [5, 5.41) is 9.43. The van der Waals surface area contributed by atoms with E-state index in [9.17, 15) is 4.79 Å². The van der Waals surface area contributed by atoms with Crippen molar-refractivity contribution in [2.75, 3.05) is 26.2 Å². The van der Waals surface area contributed by atoms with E-state index < -0.39 is 0 Å². The Labute approximate surface area is 90.6 Å². The van der Waals surface area contributed by atoms with Gasteiger partial charge in [-0.25, -0.2) is 0 Å². The summed E-state index contributed by atoms with van der Waals surface area (Å²) in [6.45, 7) is 3.79. The van der Waals surface area contributed by atoms with Crippen molar-refractivity contribution < 1.29 is 4.79 Å². The van der Waals surface area contributed by atoms with Crippen LogP contribution >= 0.6 is 12.4 Å². The highest BCUT2D eigenvalue weighted by atomic mass is 35.5. The lowest BCUT2D eigenvalue weighted by molar-refractivity contribution is -0.126. The van der Waals surface area contributed by atoms with E-state index in [1.54, 1.807) is 0 Å². The first-order valence-corrected chi connectivity index (χ1v) is 5.08. The molecule has 2 aliphatic rings. The Morgan fingerprint density at radius 1 is 1.21 bits per heavy atom. The normalized spacial score (nSPS) is 27.3. The van der Waals surface area contributed by atoms with Crippen LogP contribution in [0.25, 0.3) is 0 Å². The average molecular weight is 220 g/mol. The Balaban J connectivity index is 0.000000980. The van der Waals surface area contributed by atoms with Gasteiger partial charge < -0.3 is 16.0 Å². The number of hydrogen-bond donors (Lipinski definition) is 3. The Hall–Kier alpha value is -0.320. The second-order valence-corrected chi connectivity index (χ2v) is 3.91. The predicted octanol–water partition coefficient (Wildman–Crippen LogP) is -0.504. The molecule has 82 valence electrons. The van der Waals surface area contributed by atoms with E-state index in [4.69, 9.17) is 0 Å². The first-order chi connectivity index (χ1) is 6.36. The monoisotopic (exact) mass is 219 g/mol. The summed E-state index contributed by atoms with van der Waals surface area (Å²) >= 11 is 0. The number of carbonyl (C=O) groups excluding carboxylic acids is 1. The van der Waals surface area contributed by atoms with E-state index in [-0.39, 0.29) is 24.2 Å². The SMILES string of the molecule is Cl.O=C(NC1CNC1)C1CCCNC1. The molecule has 0 spiro atoms. The lowest BCUT2D eigenvalue weighted by Crippen LogP contribution is -2.58. The average Bonchev–Trinajstić information content (AvgIpc) is 2.12. The van der Waals surface area contributed by atoms with Gasteiger partial charge in [-0.15, -0.1) is 12.4 Å². The van der Waals surface area contributed by atoms with Crippen molar-refractivity contribution in [3.63, 3.8) is 0 Å². The Morgan fingerprint density at radius 2 is 2.00 bits per heavy atom. The van der Waals surface area contributed by atoms with Gasteiger partial charge in [0.1, 0.15) is 0 Å². The number of piperidine rings is 1. The molecule has 2 heterocycles. The molecular formula is C9H18ClN3O. The molecule has 0 radical (unpaired) electrons. The third-order valence-corrected chi connectivity index (χ3v) is 2.80. The molecule has 3 N–H and O–H groups in total. The molecule has 0 aliphatic carbocycles. The summed E-state index contributed by atoms with van der Waals surface area (Å²) in [6, 6.07) is 0.384. The van der Waals surface area contributed by atoms with Crippen molar-refractivity contribution in [2.45, 2.75) is 18.9 Å². The molecule has 4 nitrogen and oxygen atoms in total. The van der Waals surface area contributed by atoms with Gasteiger partial charge in [-0.05, 0) is 19.4 Å². The largest absolute Gasteiger partial charge is 0.351 e. The molecular weight excluding hydrogens is 202 g/mol. The van der Waals surface area contributed by atoms with Crippen molar-refractivity contribution in [1.82, 2.24) is 16.0 Å². The molecule has 1 amide bonds. The van der Waals surface area contributed by atoms with Gasteiger partial charge in [0, 0.05) is 19.6 Å². The minimum Gasteiger partial charge on any atom is -0.351 e. The van der Waals surface area contributed by atoms with Crippen LogP contribution in [0.3, 0.4) is 0 Å². The first-order valence-electron chi connectivity index (χ1n) is 5.08. The minimum atomic E-state index is 0. The van der Waals surface area contributed by atoms with Gasteiger partial charge in [-0.2, -0.15) is 0 Å². The fraction of sp³-hybridized carbons (Fsp3) is 0.889. The van der Waals surface area contributed by atoms with Gasteiger partial charge in [0.05, 0.1) is 12.0 Å². The van der Waals surface area contributed by atoms with E-state index in [0.29, 0.717) is 6.04 Å². The highest BCUT2D eigenvalue weighted by molar-refractivity contribution is 5.85. The lowest BCUT2D eigenvalue weighted by atomic mass is 9.98. The Bertz CT molecular complexity index is 190. The van der Waals surface area contributed by atoms with Gasteiger partial charge >= 0.3 is 0 Å². The van der Waals surface area contributed by atoms with Gasteiger partial charge in [0.25, 0.3) is 0 Å². The number of amides is 1. The van der Waals surface area contributed by atoms with Gasteiger partial charge in [-0.3, -0.25) is 4.79 Å². The maximum atomic E-state index is 11.6. The van der Waals surface area contributed by atoms with E-state index in [1.165, 1.54) is 0 Å². The number of halogens is 1. The number of hydrogen-bond acceptors (Lipinski definition) is 3. The smallest absolute Gasteiger partial charge is 0.224 e. The van der Waals surface area contributed by atoms with E-state index in [1.807, 2.05) is 0 Å². The third kappa shape index (κ3) is 2.83. The molecule has 2 aliphatic heterocycles. The zero-order valence-corrected chi connectivity index (χ0v) is 9.03. The van der Waals surface area contributed by atoms with Gasteiger partial charge in [0.2, 0.25) is 5.91 Å². The standard InChI is InChI=1S/C9H17N3O.ClH/c13-9(12-8-5-11-6-8)7-2-1-3-10-4-7;/h7-8,10-11H,1-6H2,(H,12,13);1H. The van der Waals surface area contributed by atoms with Crippen molar-refractivity contribution in [3.05, 3.63) is 0 Å².